The van der Waals surface area contributed by atoms with Crippen LogP contribution in [0.2, 0.25) is 0 Å². The van der Waals surface area contributed by atoms with E-state index >= 15 is 0 Å². The molecule has 0 spiro atoms. The van der Waals surface area contributed by atoms with Gasteiger partial charge in [0, 0.05) is 6.08 Å². The first-order chi connectivity index (χ1) is 7.36. The maximum atomic E-state index is 8.74. The smallest absolute Gasteiger partial charge is 0.134 e. The lowest BCUT2D eigenvalue weighted by Crippen LogP contribution is -1.99. The van der Waals surface area contributed by atoms with Gasteiger partial charge in [0.25, 0.3) is 0 Å². The Morgan fingerprint density at radius 2 is 2.07 bits per heavy atom. The molecule has 1 saturated heterocycles. The van der Waals surface area contributed by atoms with Crippen molar-refractivity contribution in [3.05, 3.63) is 42.0 Å². The van der Waals surface area contributed by atoms with Crippen molar-refractivity contribution in [3.8, 4) is 12.1 Å². The highest BCUT2D eigenvalue weighted by Crippen LogP contribution is 2.30. The van der Waals surface area contributed by atoms with Crippen molar-refractivity contribution in [2.45, 2.75) is 6.04 Å². The molecule has 1 fully saturated rings. The highest BCUT2D eigenvalue weighted by molar-refractivity contribution is 5.68. The van der Waals surface area contributed by atoms with Gasteiger partial charge in [-0.25, -0.2) is 0 Å². The zero-order valence-corrected chi connectivity index (χ0v) is 8.09. The first-order valence-electron chi connectivity index (χ1n) is 4.68. The molecule has 3 nitrogen and oxygen atoms in total. The lowest BCUT2D eigenvalue weighted by atomic mass is 10.1. The summed E-state index contributed by atoms with van der Waals surface area (Å²) in [5, 5.41) is 17.4. The fourth-order valence-corrected chi connectivity index (χ4v) is 1.52. The van der Waals surface area contributed by atoms with Gasteiger partial charge >= 0.3 is 0 Å². The van der Waals surface area contributed by atoms with Crippen molar-refractivity contribution in [1.29, 1.82) is 10.5 Å². The van der Waals surface area contributed by atoms with E-state index in [0.29, 0.717) is 0 Å². The van der Waals surface area contributed by atoms with Crippen molar-refractivity contribution in [2.75, 3.05) is 6.54 Å². The Morgan fingerprint density at radius 3 is 2.60 bits per heavy atom. The van der Waals surface area contributed by atoms with Crippen LogP contribution >= 0.6 is 0 Å². The van der Waals surface area contributed by atoms with E-state index in [-0.39, 0.29) is 6.04 Å². The SMILES string of the molecule is N#C/C=C(/c1ccccc1)N1CC1C#N. The fourth-order valence-electron chi connectivity index (χ4n) is 1.52. The zero-order valence-electron chi connectivity index (χ0n) is 8.09. The van der Waals surface area contributed by atoms with Crippen LogP contribution in [0.5, 0.6) is 0 Å². The van der Waals surface area contributed by atoms with Gasteiger partial charge in [0.15, 0.2) is 0 Å². The minimum absolute atomic E-state index is 0.0650. The number of hydrogen-bond donors (Lipinski definition) is 0. The van der Waals surface area contributed by atoms with Gasteiger partial charge in [0.1, 0.15) is 6.04 Å². The van der Waals surface area contributed by atoms with E-state index < -0.39 is 0 Å². The zero-order chi connectivity index (χ0) is 10.7. The molecule has 1 aromatic carbocycles. The normalized spacial score (nSPS) is 19.2. The monoisotopic (exact) mass is 195 g/mol. The van der Waals surface area contributed by atoms with Gasteiger partial charge in [-0.2, -0.15) is 10.5 Å². The summed E-state index contributed by atoms with van der Waals surface area (Å²) in [6.07, 6.45) is 1.49. The molecule has 3 heteroatoms. The second kappa shape index (κ2) is 3.86. The molecule has 0 radical (unpaired) electrons. The lowest BCUT2D eigenvalue weighted by molar-refractivity contribution is 0.764. The summed E-state index contributed by atoms with van der Waals surface area (Å²) in [4.78, 5) is 1.92. The molecule has 1 unspecified atom stereocenters. The molecule has 1 atom stereocenters. The third-order valence-electron chi connectivity index (χ3n) is 2.34. The maximum Gasteiger partial charge on any atom is 0.134 e. The van der Waals surface area contributed by atoms with Crippen LogP contribution in [0.25, 0.3) is 5.70 Å². The minimum Gasteiger partial charge on any atom is -0.350 e. The highest BCUT2D eigenvalue weighted by Gasteiger charge is 2.36. The van der Waals surface area contributed by atoms with Crippen LogP contribution in [0.3, 0.4) is 0 Å². The Labute approximate surface area is 88.5 Å². The average molecular weight is 195 g/mol. The van der Waals surface area contributed by atoms with Gasteiger partial charge in [0.05, 0.1) is 24.4 Å². The molecule has 0 aromatic heterocycles. The molecule has 0 saturated carbocycles. The first-order valence-corrected chi connectivity index (χ1v) is 4.68. The predicted molar refractivity (Wildman–Crippen MR) is 56.1 cm³/mol. The summed E-state index contributed by atoms with van der Waals surface area (Å²) in [6.45, 7) is 0.721. The summed E-state index contributed by atoms with van der Waals surface area (Å²) in [5.41, 5.74) is 1.82. The second-order valence-electron chi connectivity index (χ2n) is 3.32. The summed E-state index contributed by atoms with van der Waals surface area (Å²) < 4.78 is 0. The second-order valence-corrected chi connectivity index (χ2v) is 3.32. The van der Waals surface area contributed by atoms with Crippen molar-refractivity contribution in [3.63, 3.8) is 0 Å². The van der Waals surface area contributed by atoms with Crippen molar-refractivity contribution in [1.82, 2.24) is 4.90 Å². The Kier molecular flexibility index (Phi) is 2.39. The van der Waals surface area contributed by atoms with Crippen molar-refractivity contribution in [2.24, 2.45) is 0 Å². The minimum atomic E-state index is -0.0650. The van der Waals surface area contributed by atoms with E-state index in [4.69, 9.17) is 10.5 Å². The Balaban J connectivity index is 2.29. The highest BCUT2D eigenvalue weighted by atomic mass is 15.3. The van der Waals surface area contributed by atoms with E-state index in [2.05, 4.69) is 6.07 Å². The maximum absolute atomic E-state index is 8.74. The van der Waals surface area contributed by atoms with Crippen LogP contribution in [0.1, 0.15) is 5.56 Å². The van der Waals surface area contributed by atoms with Gasteiger partial charge in [0.2, 0.25) is 0 Å². The Hall–Kier alpha value is -2.26. The van der Waals surface area contributed by atoms with E-state index in [1.54, 1.807) is 0 Å². The van der Waals surface area contributed by atoms with E-state index in [9.17, 15) is 0 Å². The molecule has 2 rings (SSSR count). The molecule has 0 bridgehead atoms. The summed E-state index contributed by atoms with van der Waals surface area (Å²) in [6, 6.07) is 13.8. The van der Waals surface area contributed by atoms with Crippen LogP contribution in [-0.4, -0.2) is 17.5 Å². The van der Waals surface area contributed by atoms with Crippen molar-refractivity contribution < 1.29 is 0 Å². The van der Waals surface area contributed by atoms with Crippen LogP contribution in [0.15, 0.2) is 36.4 Å². The molecular formula is C12H9N3. The number of benzene rings is 1. The number of nitriles is 2. The molecule has 0 amide bonds. The summed E-state index contributed by atoms with van der Waals surface area (Å²) >= 11 is 0. The quantitative estimate of drug-likeness (QED) is 0.533. The topological polar surface area (TPSA) is 50.6 Å². The number of hydrogen-bond acceptors (Lipinski definition) is 3. The molecule has 72 valence electrons. The largest absolute Gasteiger partial charge is 0.350 e. The molecular weight excluding hydrogens is 186 g/mol. The predicted octanol–water partition coefficient (Wildman–Crippen LogP) is 1.76. The van der Waals surface area contributed by atoms with Gasteiger partial charge in [-0.3, -0.25) is 0 Å². The number of rotatable bonds is 2. The number of allylic oxidation sites excluding steroid dienone is 1. The molecule has 1 aliphatic rings. The molecule has 0 N–H and O–H groups in total. The third-order valence-corrected chi connectivity index (χ3v) is 2.34. The standard InChI is InChI=1S/C12H9N3/c13-7-6-12(15-9-11(15)8-14)10-4-2-1-3-5-10/h1-6,11H,9H2/b12-6-. The Bertz CT molecular complexity index is 462. The van der Waals surface area contributed by atoms with E-state index in [0.717, 1.165) is 17.8 Å². The van der Waals surface area contributed by atoms with Crippen LogP contribution in [-0.2, 0) is 0 Å². The van der Waals surface area contributed by atoms with Gasteiger partial charge in [-0.05, 0) is 5.56 Å². The summed E-state index contributed by atoms with van der Waals surface area (Å²) in [5.74, 6) is 0. The molecule has 1 heterocycles. The fraction of sp³-hybridized carbons (Fsp3) is 0.167. The first kappa shape index (κ1) is 9.30. The van der Waals surface area contributed by atoms with E-state index in [1.807, 2.05) is 41.3 Å². The van der Waals surface area contributed by atoms with E-state index in [1.165, 1.54) is 6.08 Å². The van der Waals surface area contributed by atoms with Crippen LogP contribution in [0, 0.1) is 22.7 Å². The van der Waals surface area contributed by atoms with Crippen LogP contribution in [0.4, 0.5) is 0 Å². The average Bonchev–Trinajstić information content (AvgIpc) is 3.06. The molecule has 15 heavy (non-hydrogen) atoms. The molecule has 1 aliphatic heterocycles. The third kappa shape index (κ3) is 1.82. The van der Waals surface area contributed by atoms with Crippen molar-refractivity contribution >= 4 is 5.70 Å². The number of nitrogens with zero attached hydrogens (tertiary/aromatic N) is 3. The van der Waals surface area contributed by atoms with Crippen LogP contribution < -0.4 is 0 Å². The molecule has 1 aromatic rings. The summed E-state index contributed by atoms with van der Waals surface area (Å²) in [7, 11) is 0. The van der Waals surface area contributed by atoms with Gasteiger partial charge in [-0.15, -0.1) is 0 Å². The lowest BCUT2D eigenvalue weighted by Gasteiger charge is -2.07. The van der Waals surface area contributed by atoms with Gasteiger partial charge in [-0.1, -0.05) is 30.3 Å². The molecule has 0 aliphatic carbocycles. The Morgan fingerprint density at radius 1 is 1.33 bits per heavy atom. The van der Waals surface area contributed by atoms with Gasteiger partial charge < -0.3 is 4.90 Å².